The predicted octanol–water partition coefficient (Wildman–Crippen LogP) is 2.94. The van der Waals surface area contributed by atoms with E-state index in [1.54, 1.807) is 25.1 Å². The molecular weight excluding hydrogens is 344 g/mol. The smallest absolute Gasteiger partial charge is 0.341 e. The molecule has 0 unspecified atom stereocenters. The summed E-state index contributed by atoms with van der Waals surface area (Å²) in [6.45, 7) is 1.82. The third-order valence-corrected chi connectivity index (χ3v) is 4.31. The van der Waals surface area contributed by atoms with Gasteiger partial charge in [0.2, 0.25) is 5.78 Å². The number of esters is 1. The van der Waals surface area contributed by atoms with Gasteiger partial charge in [-0.25, -0.2) is 4.79 Å². The maximum absolute atomic E-state index is 13.0. The number of ether oxygens (including phenoxy) is 1. The van der Waals surface area contributed by atoms with Crippen LogP contribution in [0.25, 0.3) is 5.52 Å². The van der Waals surface area contributed by atoms with E-state index in [1.807, 2.05) is 0 Å². The summed E-state index contributed by atoms with van der Waals surface area (Å²) in [4.78, 5) is 42.5. The number of aromatic nitrogens is 2. The van der Waals surface area contributed by atoms with Crippen molar-refractivity contribution in [3.63, 3.8) is 0 Å². The first kappa shape index (κ1) is 15.5. The molecule has 3 aromatic heterocycles. The van der Waals surface area contributed by atoms with E-state index < -0.39 is 17.5 Å². The van der Waals surface area contributed by atoms with Crippen molar-refractivity contribution in [3.05, 3.63) is 69.8 Å². The zero-order chi connectivity index (χ0) is 17.7. The van der Waals surface area contributed by atoms with Gasteiger partial charge < -0.3 is 9.14 Å². The number of carbonyl (C=O) groups excluding carboxylic acids is 3. The average molecular weight is 355 g/mol. The molecule has 0 N–H and O–H groups in total. The zero-order valence-electron chi connectivity index (χ0n) is 13.1. The summed E-state index contributed by atoms with van der Waals surface area (Å²) < 4.78 is 6.56. The second-order valence-corrected chi connectivity index (χ2v) is 5.92. The molecule has 7 heteroatoms. The molecule has 0 fully saturated rings. The average Bonchev–Trinajstić information content (AvgIpc) is 2.94. The Kier molecular flexibility index (Phi) is 3.43. The maximum Gasteiger partial charge on any atom is 0.341 e. The van der Waals surface area contributed by atoms with Gasteiger partial charge in [0, 0.05) is 12.4 Å². The van der Waals surface area contributed by atoms with Crippen molar-refractivity contribution in [2.24, 2.45) is 0 Å². The highest BCUT2D eigenvalue weighted by Crippen LogP contribution is 2.34. The van der Waals surface area contributed by atoms with E-state index in [1.165, 1.54) is 22.9 Å². The lowest BCUT2D eigenvalue weighted by Crippen LogP contribution is -2.24. The summed E-state index contributed by atoms with van der Waals surface area (Å²) in [6, 6.07) is 6.28. The molecule has 0 radical (unpaired) electrons. The Morgan fingerprint density at radius 1 is 1.24 bits per heavy atom. The summed E-state index contributed by atoms with van der Waals surface area (Å²) >= 11 is 6.05. The molecule has 1 aliphatic rings. The van der Waals surface area contributed by atoms with Gasteiger partial charge in [-0.3, -0.25) is 14.6 Å². The fourth-order valence-electron chi connectivity index (χ4n) is 3.10. The molecular formula is C18H11ClN2O4. The molecule has 0 bridgehead atoms. The second-order valence-electron chi connectivity index (χ2n) is 5.48. The molecule has 3 heterocycles. The molecule has 0 amide bonds. The van der Waals surface area contributed by atoms with Crippen LogP contribution in [0.5, 0.6) is 0 Å². The highest BCUT2D eigenvalue weighted by molar-refractivity contribution is 6.32. The van der Waals surface area contributed by atoms with Gasteiger partial charge in [-0.05, 0) is 31.2 Å². The number of hydrogen-bond acceptors (Lipinski definition) is 5. The number of ketones is 2. The number of pyridine rings is 2. The predicted molar refractivity (Wildman–Crippen MR) is 89.5 cm³/mol. The van der Waals surface area contributed by atoms with Crippen LogP contribution >= 0.6 is 11.6 Å². The highest BCUT2D eigenvalue weighted by atomic mass is 35.5. The maximum atomic E-state index is 13.0. The third-order valence-electron chi connectivity index (χ3n) is 4.09. The summed E-state index contributed by atoms with van der Waals surface area (Å²) in [7, 11) is 0. The first-order valence-electron chi connectivity index (χ1n) is 7.59. The lowest BCUT2D eigenvalue weighted by atomic mass is 9.89. The normalized spacial score (nSPS) is 12.9. The number of fused-ring (bicyclic) bond motifs is 4. The van der Waals surface area contributed by atoms with Crippen LogP contribution in [0.15, 0.2) is 36.7 Å². The molecule has 0 aromatic carbocycles. The van der Waals surface area contributed by atoms with E-state index in [9.17, 15) is 14.4 Å². The summed E-state index contributed by atoms with van der Waals surface area (Å²) in [5.74, 6) is -1.52. The van der Waals surface area contributed by atoms with Crippen molar-refractivity contribution >= 4 is 34.7 Å². The molecule has 0 aliphatic heterocycles. The van der Waals surface area contributed by atoms with Crippen molar-refractivity contribution in [2.75, 3.05) is 6.61 Å². The number of hydrogen-bond donors (Lipinski definition) is 0. The number of halogens is 1. The quantitative estimate of drug-likeness (QED) is 0.517. The Morgan fingerprint density at radius 2 is 2.04 bits per heavy atom. The minimum absolute atomic E-state index is 0.0335. The van der Waals surface area contributed by atoms with E-state index in [4.69, 9.17) is 16.3 Å². The Balaban J connectivity index is 2.13. The van der Waals surface area contributed by atoms with Gasteiger partial charge in [-0.1, -0.05) is 11.6 Å². The Bertz CT molecular complexity index is 1080. The van der Waals surface area contributed by atoms with Gasteiger partial charge >= 0.3 is 5.97 Å². The first-order chi connectivity index (χ1) is 12.0. The van der Waals surface area contributed by atoms with Crippen LogP contribution in [0.4, 0.5) is 0 Å². The van der Waals surface area contributed by atoms with Crippen molar-refractivity contribution in [2.45, 2.75) is 6.92 Å². The molecule has 0 saturated carbocycles. The second kappa shape index (κ2) is 5.53. The molecule has 124 valence electrons. The standard InChI is InChI=1S/C18H11ClN2O4/c1-2-25-18(24)12-11-6-5-9(19)8-21(11)15-13(12)16(22)10-4-3-7-20-14(10)17(15)23/h3-8H,2H2,1H3. The Labute approximate surface area is 147 Å². The van der Waals surface area contributed by atoms with Gasteiger partial charge in [0.1, 0.15) is 11.4 Å². The fraction of sp³-hybridized carbons (Fsp3) is 0.111. The molecule has 0 atom stereocenters. The van der Waals surface area contributed by atoms with E-state index in [2.05, 4.69) is 4.98 Å². The summed E-state index contributed by atoms with van der Waals surface area (Å²) in [6.07, 6.45) is 2.95. The molecule has 6 nitrogen and oxygen atoms in total. The molecule has 0 spiro atoms. The largest absolute Gasteiger partial charge is 0.462 e. The summed E-state index contributed by atoms with van der Waals surface area (Å²) in [5, 5.41) is 0.368. The van der Waals surface area contributed by atoms with Crippen LogP contribution in [-0.4, -0.2) is 33.5 Å². The molecule has 3 aromatic rings. The van der Waals surface area contributed by atoms with Crippen molar-refractivity contribution in [3.8, 4) is 0 Å². The van der Waals surface area contributed by atoms with Crippen molar-refractivity contribution in [1.82, 2.24) is 9.38 Å². The Morgan fingerprint density at radius 3 is 2.80 bits per heavy atom. The lowest BCUT2D eigenvalue weighted by Gasteiger charge is -2.14. The van der Waals surface area contributed by atoms with Crippen LogP contribution in [0, 0.1) is 0 Å². The van der Waals surface area contributed by atoms with Gasteiger partial charge in [-0.2, -0.15) is 0 Å². The topological polar surface area (TPSA) is 77.7 Å². The van der Waals surface area contributed by atoms with Crippen molar-refractivity contribution in [1.29, 1.82) is 0 Å². The van der Waals surface area contributed by atoms with Gasteiger partial charge in [0.25, 0.3) is 0 Å². The lowest BCUT2D eigenvalue weighted by molar-refractivity contribution is 0.0526. The Hall–Kier alpha value is -2.99. The third kappa shape index (κ3) is 2.11. The summed E-state index contributed by atoms with van der Waals surface area (Å²) in [5.41, 5.74) is 0.814. The number of rotatable bonds is 2. The van der Waals surface area contributed by atoms with E-state index >= 15 is 0 Å². The van der Waals surface area contributed by atoms with Crippen LogP contribution in [0.3, 0.4) is 0 Å². The van der Waals surface area contributed by atoms with E-state index in [-0.39, 0.29) is 34.7 Å². The molecule has 25 heavy (non-hydrogen) atoms. The van der Waals surface area contributed by atoms with Crippen LogP contribution in [-0.2, 0) is 4.74 Å². The SMILES string of the molecule is CCOC(=O)c1c2c(n3cc(Cl)ccc13)C(=O)c1ncccc1C2=O. The fourth-order valence-corrected chi connectivity index (χ4v) is 3.26. The van der Waals surface area contributed by atoms with Gasteiger partial charge in [0.05, 0.1) is 33.8 Å². The highest BCUT2D eigenvalue weighted by Gasteiger charge is 2.39. The monoisotopic (exact) mass is 354 g/mol. The van der Waals surface area contributed by atoms with Crippen molar-refractivity contribution < 1.29 is 19.1 Å². The zero-order valence-corrected chi connectivity index (χ0v) is 13.8. The molecule has 0 saturated heterocycles. The molecule has 1 aliphatic carbocycles. The number of nitrogens with zero attached hydrogens (tertiary/aromatic N) is 2. The minimum atomic E-state index is -0.655. The molecule has 4 rings (SSSR count). The first-order valence-corrected chi connectivity index (χ1v) is 7.97. The van der Waals surface area contributed by atoms with E-state index in [0.717, 1.165) is 0 Å². The van der Waals surface area contributed by atoms with Crippen LogP contribution in [0.2, 0.25) is 5.02 Å². The van der Waals surface area contributed by atoms with Crippen LogP contribution < -0.4 is 0 Å². The van der Waals surface area contributed by atoms with E-state index in [0.29, 0.717) is 10.5 Å². The minimum Gasteiger partial charge on any atom is -0.462 e. The van der Waals surface area contributed by atoms with Gasteiger partial charge in [-0.15, -0.1) is 0 Å². The number of carbonyl (C=O) groups is 3. The van der Waals surface area contributed by atoms with Crippen LogP contribution in [0.1, 0.15) is 49.4 Å². The van der Waals surface area contributed by atoms with Gasteiger partial charge in [0.15, 0.2) is 5.78 Å².